The van der Waals surface area contributed by atoms with E-state index in [1.165, 1.54) is 13.2 Å². The number of carbonyl (C=O) groups is 2. The summed E-state index contributed by atoms with van der Waals surface area (Å²) >= 11 is 0. The summed E-state index contributed by atoms with van der Waals surface area (Å²) in [6, 6.07) is 9.80. The van der Waals surface area contributed by atoms with Crippen LogP contribution in [0.15, 0.2) is 34.7 Å². The molecule has 0 bridgehead atoms. The van der Waals surface area contributed by atoms with E-state index in [1.807, 2.05) is 6.07 Å². The van der Waals surface area contributed by atoms with Crippen molar-refractivity contribution in [1.82, 2.24) is 0 Å². The highest BCUT2D eigenvalue weighted by Crippen LogP contribution is 2.16. The Kier molecular flexibility index (Phi) is 5.58. The predicted octanol–water partition coefficient (Wildman–Crippen LogP) is 2.37. The van der Waals surface area contributed by atoms with Crippen molar-refractivity contribution < 1.29 is 28.2 Å². The molecule has 0 N–H and O–H groups in total. The number of nitrogens with zero attached hydrogens (tertiary/aromatic N) is 1. The van der Waals surface area contributed by atoms with Gasteiger partial charge in [-0.05, 0) is 37.3 Å². The van der Waals surface area contributed by atoms with E-state index < -0.39 is 11.9 Å². The van der Waals surface area contributed by atoms with Gasteiger partial charge in [0, 0.05) is 0 Å². The minimum atomic E-state index is -0.590. The summed E-state index contributed by atoms with van der Waals surface area (Å²) in [5.74, 6) is 0.0696. The molecule has 1 aromatic heterocycles. The molecule has 1 heterocycles. The lowest BCUT2D eigenvalue weighted by molar-refractivity contribution is -0.147. The fourth-order valence-corrected chi connectivity index (χ4v) is 1.89. The number of hydrogen-bond acceptors (Lipinski definition) is 7. The van der Waals surface area contributed by atoms with Gasteiger partial charge < -0.3 is 18.6 Å². The number of ether oxygens (including phenoxy) is 3. The number of aryl methyl sites for hydroxylation is 1. The van der Waals surface area contributed by atoms with Gasteiger partial charge in [-0.2, -0.15) is 5.26 Å². The van der Waals surface area contributed by atoms with Crippen LogP contribution < -0.4 is 4.74 Å². The van der Waals surface area contributed by atoms with E-state index in [0.717, 1.165) is 0 Å². The Labute approximate surface area is 138 Å². The summed E-state index contributed by atoms with van der Waals surface area (Å²) in [5.41, 5.74) is 0.789. The Morgan fingerprint density at radius 3 is 2.58 bits per heavy atom. The lowest BCUT2D eigenvalue weighted by atomic mass is 10.2. The Bertz CT molecular complexity index is 769. The number of methoxy groups -OCH3 is 1. The van der Waals surface area contributed by atoms with Crippen molar-refractivity contribution in [2.75, 3.05) is 13.7 Å². The number of rotatable bonds is 6. The van der Waals surface area contributed by atoms with Crippen molar-refractivity contribution in [3.63, 3.8) is 0 Å². The van der Waals surface area contributed by atoms with Gasteiger partial charge in [0.2, 0.25) is 0 Å². The van der Waals surface area contributed by atoms with Crippen molar-refractivity contribution in [3.05, 3.63) is 53.0 Å². The van der Waals surface area contributed by atoms with Crippen molar-refractivity contribution in [1.29, 1.82) is 5.26 Å². The maximum Gasteiger partial charge on any atom is 0.344 e. The molecule has 0 spiro atoms. The molecule has 0 fully saturated rings. The Morgan fingerprint density at radius 1 is 1.25 bits per heavy atom. The second-order valence-corrected chi connectivity index (χ2v) is 4.76. The normalized spacial score (nSPS) is 9.88. The molecule has 0 atom stereocenters. The summed E-state index contributed by atoms with van der Waals surface area (Å²) in [5, 5.41) is 8.69. The van der Waals surface area contributed by atoms with Crippen LogP contribution in [0.2, 0.25) is 0 Å². The number of carbonyl (C=O) groups excluding carboxylic acids is 2. The molecule has 0 aliphatic heterocycles. The Hall–Kier alpha value is -3.27. The minimum Gasteiger partial charge on any atom is -0.482 e. The first-order valence-corrected chi connectivity index (χ1v) is 6.99. The van der Waals surface area contributed by atoms with E-state index in [9.17, 15) is 9.59 Å². The van der Waals surface area contributed by atoms with Crippen molar-refractivity contribution in [2.45, 2.75) is 13.5 Å². The fourth-order valence-electron chi connectivity index (χ4n) is 1.89. The second kappa shape index (κ2) is 7.83. The number of nitriles is 1. The van der Waals surface area contributed by atoms with E-state index in [-0.39, 0.29) is 18.8 Å². The lowest BCUT2D eigenvalue weighted by Crippen LogP contribution is -2.14. The summed E-state index contributed by atoms with van der Waals surface area (Å²) in [4.78, 5) is 23.1. The van der Waals surface area contributed by atoms with Gasteiger partial charge in [0.15, 0.2) is 6.61 Å². The zero-order valence-electron chi connectivity index (χ0n) is 13.2. The molecule has 0 aliphatic rings. The molecule has 24 heavy (non-hydrogen) atoms. The molecule has 2 rings (SSSR count). The fraction of sp³-hybridized carbons (Fsp3) is 0.235. The van der Waals surface area contributed by atoms with Crippen LogP contribution >= 0.6 is 0 Å². The zero-order chi connectivity index (χ0) is 17.5. The average molecular weight is 329 g/mol. The standard InChI is InChI=1S/C17H15NO6/c1-11-15(17(20)21-2)7-14(24-11)9-23-16(19)10-22-13-5-3-12(8-18)4-6-13/h3-7H,9-10H2,1-2H3. The Morgan fingerprint density at radius 2 is 1.96 bits per heavy atom. The number of esters is 2. The van der Waals surface area contributed by atoms with E-state index in [0.29, 0.717) is 22.8 Å². The third-order valence-electron chi connectivity index (χ3n) is 3.09. The highest BCUT2D eigenvalue weighted by molar-refractivity contribution is 5.90. The summed E-state index contributed by atoms with van der Waals surface area (Å²) in [7, 11) is 1.27. The van der Waals surface area contributed by atoms with Gasteiger partial charge in [0.1, 0.15) is 29.4 Å². The lowest BCUT2D eigenvalue weighted by Gasteiger charge is -2.06. The van der Waals surface area contributed by atoms with Crippen LogP contribution in [-0.2, 0) is 20.9 Å². The van der Waals surface area contributed by atoms with E-state index >= 15 is 0 Å². The summed E-state index contributed by atoms with van der Waals surface area (Å²) in [6.07, 6.45) is 0. The first-order chi connectivity index (χ1) is 11.5. The number of furan rings is 1. The van der Waals surface area contributed by atoms with Crippen LogP contribution in [0.5, 0.6) is 5.75 Å². The summed E-state index contributed by atoms with van der Waals surface area (Å²) < 4.78 is 20.2. The molecule has 0 radical (unpaired) electrons. The van der Waals surface area contributed by atoms with Crippen molar-refractivity contribution >= 4 is 11.9 Å². The largest absolute Gasteiger partial charge is 0.482 e. The van der Waals surface area contributed by atoms with Crippen LogP contribution in [0.1, 0.15) is 27.4 Å². The maximum absolute atomic E-state index is 11.7. The maximum atomic E-state index is 11.7. The topological polar surface area (TPSA) is 98.8 Å². The molecule has 7 nitrogen and oxygen atoms in total. The molecule has 2 aromatic rings. The minimum absolute atomic E-state index is 0.118. The van der Waals surface area contributed by atoms with Crippen LogP contribution in [0.4, 0.5) is 0 Å². The van der Waals surface area contributed by atoms with E-state index in [4.69, 9.17) is 19.2 Å². The highest BCUT2D eigenvalue weighted by Gasteiger charge is 2.16. The quantitative estimate of drug-likeness (QED) is 0.750. The molecule has 1 aromatic carbocycles. The molecule has 0 amide bonds. The third-order valence-corrected chi connectivity index (χ3v) is 3.09. The monoisotopic (exact) mass is 329 g/mol. The van der Waals surface area contributed by atoms with E-state index in [1.54, 1.807) is 31.2 Å². The predicted molar refractivity (Wildman–Crippen MR) is 81.2 cm³/mol. The molecule has 124 valence electrons. The van der Waals surface area contributed by atoms with Gasteiger partial charge in [0.05, 0.1) is 18.7 Å². The van der Waals surface area contributed by atoms with Crippen LogP contribution in [0.3, 0.4) is 0 Å². The third kappa shape index (κ3) is 4.36. The van der Waals surface area contributed by atoms with Gasteiger partial charge >= 0.3 is 11.9 Å². The van der Waals surface area contributed by atoms with Gasteiger partial charge in [-0.1, -0.05) is 0 Å². The smallest absolute Gasteiger partial charge is 0.344 e. The van der Waals surface area contributed by atoms with Gasteiger partial charge in [-0.15, -0.1) is 0 Å². The van der Waals surface area contributed by atoms with Gasteiger partial charge in [-0.25, -0.2) is 9.59 Å². The molecule has 0 aliphatic carbocycles. The van der Waals surface area contributed by atoms with Crippen LogP contribution in [0, 0.1) is 18.3 Å². The first-order valence-electron chi connectivity index (χ1n) is 6.99. The van der Waals surface area contributed by atoms with Crippen molar-refractivity contribution in [2.24, 2.45) is 0 Å². The summed E-state index contributed by atoms with van der Waals surface area (Å²) in [6.45, 7) is 1.22. The van der Waals surface area contributed by atoms with Crippen LogP contribution in [0.25, 0.3) is 0 Å². The highest BCUT2D eigenvalue weighted by atomic mass is 16.6. The first kappa shape index (κ1) is 17.1. The number of hydrogen-bond donors (Lipinski definition) is 0. The van der Waals surface area contributed by atoms with Crippen molar-refractivity contribution in [3.8, 4) is 11.8 Å². The van der Waals surface area contributed by atoms with E-state index in [2.05, 4.69) is 4.74 Å². The van der Waals surface area contributed by atoms with Gasteiger partial charge in [0.25, 0.3) is 0 Å². The zero-order valence-corrected chi connectivity index (χ0v) is 13.2. The van der Waals surface area contributed by atoms with Gasteiger partial charge in [-0.3, -0.25) is 0 Å². The molecule has 0 saturated heterocycles. The van der Waals surface area contributed by atoms with Crippen LogP contribution in [-0.4, -0.2) is 25.7 Å². The molecule has 0 saturated carbocycles. The SMILES string of the molecule is COC(=O)c1cc(COC(=O)COc2ccc(C#N)cc2)oc1C. The molecular weight excluding hydrogens is 314 g/mol. The molecule has 0 unspecified atom stereocenters. The second-order valence-electron chi connectivity index (χ2n) is 4.76. The Balaban J connectivity index is 1.82. The molecular formula is C17H15NO6. The number of benzene rings is 1. The average Bonchev–Trinajstić information content (AvgIpc) is 2.98. The molecule has 7 heteroatoms.